The van der Waals surface area contributed by atoms with Crippen LogP contribution in [0.3, 0.4) is 0 Å². The highest BCUT2D eigenvalue weighted by Gasteiger charge is 2.31. The standard InChI is InChI=1S/C19H18N4O/c24-19(11-15-5-4-8-20-12-15)23-14-18-21-9-10-22(18)13-17(23)16-6-2-1-3-7-16/h1-10,12,17H,11,13-14H2/t17-/m0/s1. The second-order valence-electron chi connectivity index (χ2n) is 5.98. The Morgan fingerprint density at radius 3 is 2.79 bits per heavy atom. The lowest BCUT2D eigenvalue weighted by molar-refractivity contribution is -0.135. The van der Waals surface area contributed by atoms with Crippen molar-refractivity contribution in [2.45, 2.75) is 25.6 Å². The van der Waals surface area contributed by atoms with Crippen molar-refractivity contribution in [1.82, 2.24) is 19.4 Å². The molecule has 0 saturated heterocycles. The Hall–Kier alpha value is -2.95. The number of nitrogens with zero attached hydrogens (tertiary/aromatic N) is 4. The van der Waals surface area contributed by atoms with E-state index >= 15 is 0 Å². The molecule has 0 saturated carbocycles. The summed E-state index contributed by atoms with van der Waals surface area (Å²) >= 11 is 0. The van der Waals surface area contributed by atoms with E-state index in [1.165, 1.54) is 0 Å². The van der Waals surface area contributed by atoms with Crippen LogP contribution in [-0.4, -0.2) is 25.3 Å². The lowest BCUT2D eigenvalue weighted by Crippen LogP contribution is -2.41. The zero-order valence-corrected chi connectivity index (χ0v) is 13.2. The Bertz CT molecular complexity index is 829. The van der Waals surface area contributed by atoms with Crippen LogP contribution in [0, 0.1) is 0 Å². The number of rotatable bonds is 3. The summed E-state index contributed by atoms with van der Waals surface area (Å²) < 4.78 is 2.13. The Balaban J connectivity index is 1.64. The van der Waals surface area contributed by atoms with Gasteiger partial charge in [-0.15, -0.1) is 0 Å². The fourth-order valence-electron chi connectivity index (χ4n) is 3.21. The monoisotopic (exact) mass is 318 g/mol. The van der Waals surface area contributed by atoms with E-state index in [2.05, 4.69) is 26.7 Å². The smallest absolute Gasteiger partial charge is 0.228 e. The molecule has 1 aliphatic heterocycles. The number of hydrogen-bond acceptors (Lipinski definition) is 3. The topological polar surface area (TPSA) is 51.0 Å². The van der Waals surface area contributed by atoms with E-state index in [-0.39, 0.29) is 11.9 Å². The molecule has 2 aromatic heterocycles. The molecule has 0 N–H and O–H groups in total. The molecule has 0 radical (unpaired) electrons. The summed E-state index contributed by atoms with van der Waals surface area (Å²) in [4.78, 5) is 23.4. The number of fused-ring (bicyclic) bond motifs is 1. The van der Waals surface area contributed by atoms with Gasteiger partial charge in [-0.1, -0.05) is 36.4 Å². The zero-order chi connectivity index (χ0) is 16.4. The molecule has 1 amide bonds. The van der Waals surface area contributed by atoms with Crippen LogP contribution in [0.25, 0.3) is 0 Å². The van der Waals surface area contributed by atoms with Crippen molar-refractivity contribution in [2.75, 3.05) is 0 Å². The Labute approximate surface area is 140 Å². The summed E-state index contributed by atoms with van der Waals surface area (Å²) in [5.41, 5.74) is 2.08. The minimum atomic E-state index is 0.0251. The Morgan fingerprint density at radius 2 is 2.00 bits per heavy atom. The lowest BCUT2D eigenvalue weighted by Gasteiger charge is -2.36. The van der Waals surface area contributed by atoms with E-state index in [9.17, 15) is 4.79 Å². The van der Waals surface area contributed by atoms with Crippen LogP contribution >= 0.6 is 0 Å². The van der Waals surface area contributed by atoms with Crippen LogP contribution in [0.2, 0.25) is 0 Å². The predicted octanol–water partition coefficient (Wildman–Crippen LogP) is 2.60. The number of benzene rings is 1. The fraction of sp³-hybridized carbons (Fsp3) is 0.211. The van der Waals surface area contributed by atoms with E-state index in [1.807, 2.05) is 41.4 Å². The minimum Gasteiger partial charge on any atom is -0.331 e. The van der Waals surface area contributed by atoms with Crippen molar-refractivity contribution in [2.24, 2.45) is 0 Å². The number of carbonyl (C=O) groups excluding carboxylic acids is 1. The molecule has 1 atom stereocenters. The molecule has 120 valence electrons. The normalized spacial score (nSPS) is 16.7. The van der Waals surface area contributed by atoms with Gasteiger partial charge < -0.3 is 9.47 Å². The number of amides is 1. The molecule has 0 spiro atoms. The molecular formula is C19H18N4O. The van der Waals surface area contributed by atoms with Gasteiger partial charge in [-0.3, -0.25) is 9.78 Å². The number of pyridine rings is 1. The number of carbonyl (C=O) groups is 1. The molecule has 0 fully saturated rings. The van der Waals surface area contributed by atoms with E-state index in [0.717, 1.165) is 23.5 Å². The lowest BCUT2D eigenvalue weighted by atomic mass is 10.0. The van der Waals surface area contributed by atoms with E-state index in [0.29, 0.717) is 13.0 Å². The molecular weight excluding hydrogens is 300 g/mol. The third-order valence-electron chi connectivity index (χ3n) is 4.44. The summed E-state index contributed by atoms with van der Waals surface area (Å²) in [6, 6.07) is 14.0. The summed E-state index contributed by atoms with van der Waals surface area (Å²) in [7, 11) is 0. The Morgan fingerprint density at radius 1 is 1.12 bits per heavy atom. The van der Waals surface area contributed by atoms with Gasteiger partial charge in [-0.05, 0) is 17.2 Å². The summed E-state index contributed by atoms with van der Waals surface area (Å²) in [5, 5.41) is 0. The molecule has 3 heterocycles. The van der Waals surface area contributed by atoms with Gasteiger partial charge in [-0.2, -0.15) is 0 Å². The summed E-state index contributed by atoms with van der Waals surface area (Å²) in [6.07, 6.45) is 7.61. The highest BCUT2D eigenvalue weighted by atomic mass is 16.2. The van der Waals surface area contributed by atoms with E-state index < -0.39 is 0 Å². The second-order valence-corrected chi connectivity index (χ2v) is 5.98. The van der Waals surface area contributed by atoms with Crippen LogP contribution in [-0.2, 0) is 24.3 Å². The highest BCUT2D eigenvalue weighted by Crippen LogP contribution is 2.29. The first-order valence-corrected chi connectivity index (χ1v) is 8.04. The SMILES string of the molecule is O=C(Cc1cccnc1)N1Cc2nccn2C[C@H]1c1ccccc1. The van der Waals surface area contributed by atoms with Gasteiger partial charge in [-0.25, -0.2) is 4.98 Å². The van der Waals surface area contributed by atoms with Crippen molar-refractivity contribution in [3.8, 4) is 0 Å². The molecule has 0 bridgehead atoms. The number of aromatic nitrogens is 3. The molecule has 5 heteroatoms. The first-order chi connectivity index (χ1) is 11.8. The third-order valence-corrected chi connectivity index (χ3v) is 4.44. The zero-order valence-electron chi connectivity index (χ0n) is 13.2. The van der Waals surface area contributed by atoms with Crippen molar-refractivity contribution in [3.05, 3.63) is 84.2 Å². The van der Waals surface area contributed by atoms with Crippen LogP contribution in [0.1, 0.15) is 23.0 Å². The van der Waals surface area contributed by atoms with Gasteiger partial charge in [0.05, 0.1) is 19.0 Å². The van der Waals surface area contributed by atoms with Gasteiger partial charge in [0.15, 0.2) is 0 Å². The van der Waals surface area contributed by atoms with Gasteiger partial charge in [0, 0.05) is 31.3 Å². The van der Waals surface area contributed by atoms with Gasteiger partial charge in [0.25, 0.3) is 0 Å². The van der Waals surface area contributed by atoms with Gasteiger partial charge in [0.2, 0.25) is 5.91 Å². The van der Waals surface area contributed by atoms with Crippen LogP contribution in [0.5, 0.6) is 0 Å². The molecule has 3 aromatic rings. The molecule has 0 unspecified atom stereocenters. The third kappa shape index (κ3) is 2.80. The van der Waals surface area contributed by atoms with Crippen LogP contribution in [0.4, 0.5) is 0 Å². The van der Waals surface area contributed by atoms with Crippen molar-refractivity contribution in [1.29, 1.82) is 0 Å². The minimum absolute atomic E-state index is 0.0251. The van der Waals surface area contributed by atoms with Crippen molar-refractivity contribution < 1.29 is 4.79 Å². The van der Waals surface area contributed by atoms with Gasteiger partial charge in [0.1, 0.15) is 5.82 Å². The molecule has 5 nitrogen and oxygen atoms in total. The quantitative estimate of drug-likeness (QED) is 0.746. The van der Waals surface area contributed by atoms with E-state index in [4.69, 9.17) is 0 Å². The highest BCUT2D eigenvalue weighted by molar-refractivity contribution is 5.79. The summed E-state index contributed by atoms with van der Waals surface area (Å²) in [6.45, 7) is 1.27. The maximum absolute atomic E-state index is 12.9. The molecule has 4 rings (SSSR count). The number of hydrogen-bond donors (Lipinski definition) is 0. The molecule has 0 aliphatic carbocycles. The molecule has 1 aliphatic rings. The number of imidazole rings is 1. The summed E-state index contributed by atoms with van der Waals surface area (Å²) in [5.74, 6) is 1.04. The van der Waals surface area contributed by atoms with Crippen LogP contribution < -0.4 is 0 Å². The second kappa shape index (κ2) is 6.28. The van der Waals surface area contributed by atoms with Crippen molar-refractivity contribution in [3.63, 3.8) is 0 Å². The molecule has 24 heavy (non-hydrogen) atoms. The largest absolute Gasteiger partial charge is 0.331 e. The average molecular weight is 318 g/mol. The first-order valence-electron chi connectivity index (χ1n) is 8.04. The molecule has 1 aromatic carbocycles. The van der Waals surface area contributed by atoms with Gasteiger partial charge >= 0.3 is 0 Å². The van der Waals surface area contributed by atoms with Crippen molar-refractivity contribution >= 4 is 5.91 Å². The van der Waals surface area contributed by atoms with Crippen LogP contribution in [0.15, 0.2) is 67.3 Å². The predicted molar refractivity (Wildman–Crippen MR) is 89.9 cm³/mol. The van der Waals surface area contributed by atoms with E-state index in [1.54, 1.807) is 18.6 Å². The average Bonchev–Trinajstić information content (AvgIpc) is 3.10. The maximum Gasteiger partial charge on any atom is 0.228 e. The first kappa shape index (κ1) is 14.6. The maximum atomic E-state index is 12.9. The Kier molecular flexibility index (Phi) is 3.83. The fourth-order valence-corrected chi connectivity index (χ4v) is 3.21.